The minimum Gasteiger partial charge on any atom is -0.461 e. The summed E-state index contributed by atoms with van der Waals surface area (Å²) in [7, 11) is 0. The zero-order valence-electron chi connectivity index (χ0n) is 24.7. The number of benzene rings is 1. The highest BCUT2D eigenvalue weighted by atomic mass is 16.5. The molecular formula is C29H44N4O8. The number of nitrogens with one attached hydrogen (secondary N) is 4. The highest BCUT2D eigenvalue weighted by Gasteiger charge is 2.16. The molecule has 0 spiro atoms. The first kappa shape index (κ1) is 35.2. The fourth-order valence-corrected chi connectivity index (χ4v) is 3.44. The van der Waals surface area contributed by atoms with Crippen LogP contribution in [0.3, 0.4) is 0 Å². The molecule has 0 aliphatic carbocycles. The maximum Gasteiger partial charge on any atom is 0.308 e. The first-order valence-corrected chi connectivity index (χ1v) is 13.9. The van der Waals surface area contributed by atoms with Crippen LogP contribution in [-0.4, -0.2) is 68.2 Å². The Morgan fingerprint density at radius 3 is 2.20 bits per heavy atom. The Labute approximate surface area is 241 Å². The lowest BCUT2D eigenvalue weighted by Crippen LogP contribution is -2.37. The lowest BCUT2D eigenvalue weighted by molar-refractivity contribution is -0.148. The maximum absolute atomic E-state index is 12.8. The molecule has 1 unspecified atom stereocenters. The van der Waals surface area contributed by atoms with Crippen molar-refractivity contribution in [1.29, 1.82) is 0 Å². The minimum absolute atomic E-state index is 0.0312. The number of ketones is 1. The average molecular weight is 577 g/mol. The Balaban J connectivity index is 2.37. The van der Waals surface area contributed by atoms with E-state index in [1.54, 1.807) is 32.9 Å². The molecule has 41 heavy (non-hydrogen) atoms. The molecule has 0 saturated heterocycles. The molecule has 0 heterocycles. The van der Waals surface area contributed by atoms with E-state index in [2.05, 4.69) is 21.3 Å². The second-order valence-corrected chi connectivity index (χ2v) is 10.2. The van der Waals surface area contributed by atoms with Gasteiger partial charge < -0.3 is 30.7 Å². The fraction of sp³-hybridized carbons (Fsp3) is 0.586. The molecule has 0 bridgehead atoms. The Bertz CT molecular complexity index is 1040. The van der Waals surface area contributed by atoms with Gasteiger partial charge in [-0.05, 0) is 25.5 Å². The number of esters is 1. The third-order valence-electron chi connectivity index (χ3n) is 5.98. The number of amides is 4. The van der Waals surface area contributed by atoms with Crippen LogP contribution >= 0.6 is 0 Å². The van der Waals surface area contributed by atoms with Crippen LogP contribution in [0.15, 0.2) is 18.2 Å². The van der Waals surface area contributed by atoms with E-state index in [1.807, 2.05) is 13.8 Å². The molecule has 0 aliphatic heterocycles. The summed E-state index contributed by atoms with van der Waals surface area (Å²) >= 11 is 0. The smallest absolute Gasteiger partial charge is 0.308 e. The third kappa shape index (κ3) is 15.0. The van der Waals surface area contributed by atoms with Crippen molar-refractivity contribution in [3.05, 3.63) is 29.3 Å². The largest absolute Gasteiger partial charge is 0.461 e. The van der Waals surface area contributed by atoms with E-state index in [-0.39, 0.29) is 80.2 Å². The Kier molecular flexibility index (Phi) is 16.6. The third-order valence-corrected chi connectivity index (χ3v) is 5.98. The van der Waals surface area contributed by atoms with Gasteiger partial charge in [-0.25, -0.2) is 0 Å². The van der Waals surface area contributed by atoms with Crippen molar-refractivity contribution in [2.75, 3.05) is 31.6 Å². The number of carbonyl (C=O) groups excluding carboxylic acids is 6. The predicted molar refractivity (Wildman–Crippen MR) is 153 cm³/mol. The van der Waals surface area contributed by atoms with E-state index < -0.39 is 11.9 Å². The Morgan fingerprint density at radius 2 is 1.54 bits per heavy atom. The first-order valence-electron chi connectivity index (χ1n) is 13.9. The molecule has 1 rings (SSSR count). The topological polar surface area (TPSA) is 169 Å². The molecule has 12 nitrogen and oxygen atoms in total. The molecule has 0 aliphatic rings. The summed E-state index contributed by atoms with van der Waals surface area (Å²) in [6.07, 6.45) is 1.61. The van der Waals surface area contributed by atoms with Crippen LogP contribution in [0.1, 0.15) is 76.2 Å². The average Bonchev–Trinajstić information content (AvgIpc) is 2.92. The zero-order valence-corrected chi connectivity index (χ0v) is 24.7. The standard InChI is InChI=1S/C29H44N4O8/c1-19(2)25(35)10-14-40-15-11-27(37)33-21(5)6-9-26(36)30-12-13-31-28(38)24-16-23(32-18-34)8-7-22(24)17-41-29(39)20(3)4/h7-8,16,18-21H,6,9-15,17H2,1-5H3,(H,30,36)(H,31,38)(H,32,34)(H,33,37). The van der Waals surface area contributed by atoms with E-state index >= 15 is 0 Å². The monoisotopic (exact) mass is 576 g/mol. The van der Waals surface area contributed by atoms with Gasteiger partial charge in [0.1, 0.15) is 12.4 Å². The Morgan fingerprint density at radius 1 is 0.854 bits per heavy atom. The van der Waals surface area contributed by atoms with Crippen molar-refractivity contribution in [2.45, 2.75) is 73.0 Å². The summed E-state index contributed by atoms with van der Waals surface area (Å²) < 4.78 is 10.6. The number of ether oxygens (including phenoxy) is 2. The summed E-state index contributed by atoms with van der Waals surface area (Å²) in [5.74, 6) is -1.49. The van der Waals surface area contributed by atoms with Crippen molar-refractivity contribution in [3.8, 4) is 0 Å². The summed E-state index contributed by atoms with van der Waals surface area (Å²) in [5.41, 5.74) is 1.11. The SMILES string of the molecule is CC(CCC(=O)NCCNC(=O)c1cc(NC=O)ccc1COC(=O)C(C)C)NC(=O)CCOCCC(=O)C(C)C. The molecular weight excluding hydrogens is 532 g/mol. The molecule has 12 heteroatoms. The highest BCUT2D eigenvalue weighted by Crippen LogP contribution is 2.17. The normalized spacial score (nSPS) is 11.5. The number of Topliss-reactive ketones (excluding diaryl/α,β-unsaturated/α-hetero) is 1. The summed E-state index contributed by atoms with van der Waals surface area (Å²) in [4.78, 5) is 71.2. The number of hydrogen-bond donors (Lipinski definition) is 4. The van der Waals surface area contributed by atoms with E-state index in [9.17, 15) is 28.8 Å². The van der Waals surface area contributed by atoms with Crippen molar-refractivity contribution in [2.24, 2.45) is 11.8 Å². The van der Waals surface area contributed by atoms with E-state index in [0.717, 1.165) is 0 Å². The van der Waals surface area contributed by atoms with Gasteiger partial charge in [0, 0.05) is 61.1 Å². The van der Waals surface area contributed by atoms with E-state index in [1.165, 1.54) is 6.07 Å². The molecule has 4 amide bonds. The molecule has 1 atom stereocenters. The fourth-order valence-electron chi connectivity index (χ4n) is 3.44. The molecule has 1 aromatic rings. The van der Waals surface area contributed by atoms with Gasteiger partial charge in [0.2, 0.25) is 18.2 Å². The van der Waals surface area contributed by atoms with Gasteiger partial charge in [0.15, 0.2) is 0 Å². The van der Waals surface area contributed by atoms with Crippen LogP contribution in [0.4, 0.5) is 5.69 Å². The zero-order chi connectivity index (χ0) is 30.8. The van der Waals surface area contributed by atoms with Crippen molar-refractivity contribution in [1.82, 2.24) is 16.0 Å². The van der Waals surface area contributed by atoms with Gasteiger partial charge in [-0.3, -0.25) is 28.8 Å². The summed E-state index contributed by atoms with van der Waals surface area (Å²) in [6, 6.07) is 4.46. The van der Waals surface area contributed by atoms with Crippen LogP contribution in [0.5, 0.6) is 0 Å². The van der Waals surface area contributed by atoms with Gasteiger partial charge in [0.25, 0.3) is 5.91 Å². The van der Waals surface area contributed by atoms with Crippen LogP contribution in [0, 0.1) is 11.8 Å². The molecule has 0 aromatic heterocycles. The first-order chi connectivity index (χ1) is 19.4. The van der Waals surface area contributed by atoms with Crippen molar-refractivity contribution >= 4 is 41.6 Å². The Hall–Kier alpha value is -3.80. The van der Waals surface area contributed by atoms with Crippen LogP contribution in [0.2, 0.25) is 0 Å². The number of hydrogen-bond acceptors (Lipinski definition) is 8. The molecule has 0 radical (unpaired) electrons. The number of carbonyl (C=O) groups is 6. The number of anilines is 1. The van der Waals surface area contributed by atoms with Crippen molar-refractivity contribution < 1.29 is 38.2 Å². The molecule has 0 fully saturated rings. The summed E-state index contributed by atoms with van der Waals surface area (Å²) in [6.45, 7) is 9.63. The van der Waals surface area contributed by atoms with Gasteiger partial charge in [-0.1, -0.05) is 33.8 Å². The second kappa shape index (κ2) is 19.3. The minimum atomic E-state index is -0.448. The quantitative estimate of drug-likeness (QED) is 0.104. The lowest BCUT2D eigenvalue weighted by Gasteiger charge is -2.15. The summed E-state index contributed by atoms with van der Waals surface area (Å²) in [5, 5.41) is 10.7. The van der Waals surface area contributed by atoms with Gasteiger partial charge in [-0.15, -0.1) is 0 Å². The maximum atomic E-state index is 12.8. The van der Waals surface area contributed by atoms with Crippen LogP contribution in [0.25, 0.3) is 0 Å². The van der Waals surface area contributed by atoms with E-state index in [4.69, 9.17) is 9.47 Å². The predicted octanol–water partition coefficient (Wildman–Crippen LogP) is 2.11. The van der Waals surface area contributed by atoms with Gasteiger partial charge in [0.05, 0.1) is 19.1 Å². The second-order valence-electron chi connectivity index (χ2n) is 10.2. The lowest BCUT2D eigenvalue weighted by atomic mass is 10.1. The molecule has 4 N–H and O–H groups in total. The van der Waals surface area contributed by atoms with Gasteiger partial charge >= 0.3 is 5.97 Å². The molecule has 0 saturated carbocycles. The van der Waals surface area contributed by atoms with Crippen LogP contribution in [-0.2, 0) is 40.1 Å². The highest BCUT2D eigenvalue weighted by molar-refractivity contribution is 5.97. The van der Waals surface area contributed by atoms with E-state index in [0.29, 0.717) is 37.1 Å². The van der Waals surface area contributed by atoms with Crippen LogP contribution < -0.4 is 21.3 Å². The van der Waals surface area contributed by atoms with Crippen molar-refractivity contribution in [3.63, 3.8) is 0 Å². The number of rotatable bonds is 20. The molecule has 228 valence electrons. The molecule has 1 aromatic carbocycles. The van der Waals surface area contributed by atoms with Gasteiger partial charge in [-0.2, -0.15) is 0 Å².